The van der Waals surface area contributed by atoms with Gasteiger partial charge >= 0.3 is 11.8 Å². The van der Waals surface area contributed by atoms with Crippen molar-refractivity contribution in [3.8, 4) is 5.75 Å². The molecule has 0 unspecified atom stereocenters. The number of aromatic nitrogens is 2. The molecule has 7 nitrogen and oxygen atoms in total. The SMILES string of the molecule is COc1ccc(Cl)cc1NC(=O)C(=O)Nc1nnc(C)s1. The first-order valence-corrected chi connectivity index (χ1v) is 6.95. The Hall–Kier alpha value is -2.19. The van der Waals surface area contributed by atoms with Crippen LogP contribution in [0, 0.1) is 6.92 Å². The fraction of sp³-hybridized carbons (Fsp3) is 0.167. The second kappa shape index (κ2) is 6.51. The summed E-state index contributed by atoms with van der Waals surface area (Å²) >= 11 is 7.02. The van der Waals surface area contributed by atoms with Gasteiger partial charge in [-0.2, -0.15) is 0 Å². The van der Waals surface area contributed by atoms with Gasteiger partial charge in [-0.1, -0.05) is 22.9 Å². The molecule has 1 aromatic carbocycles. The van der Waals surface area contributed by atoms with Crippen molar-refractivity contribution in [2.75, 3.05) is 17.7 Å². The lowest BCUT2D eigenvalue weighted by atomic mass is 10.3. The van der Waals surface area contributed by atoms with Crippen LogP contribution in [-0.2, 0) is 9.59 Å². The second-order valence-electron chi connectivity index (χ2n) is 3.88. The zero-order valence-corrected chi connectivity index (χ0v) is 12.7. The van der Waals surface area contributed by atoms with Gasteiger partial charge in [-0.05, 0) is 25.1 Å². The molecule has 0 aliphatic rings. The average molecular weight is 327 g/mol. The van der Waals surface area contributed by atoms with Gasteiger partial charge in [0.15, 0.2) is 0 Å². The summed E-state index contributed by atoms with van der Waals surface area (Å²) in [6.45, 7) is 1.74. The lowest BCUT2D eigenvalue weighted by molar-refractivity contribution is -0.133. The van der Waals surface area contributed by atoms with Crippen LogP contribution < -0.4 is 15.4 Å². The Morgan fingerprint density at radius 2 is 1.95 bits per heavy atom. The minimum absolute atomic E-state index is 0.255. The van der Waals surface area contributed by atoms with Gasteiger partial charge in [0, 0.05) is 5.02 Å². The number of nitrogens with one attached hydrogen (secondary N) is 2. The minimum atomic E-state index is -0.858. The summed E-state index contributed by atoms with van der Waals surface area (Å²) < 4.78 is 5.08. The standard InChI is InChI=1S/C12H11ClN4O3S/c1-6-16-17-12(21-6)15-11(19)10(18)14-8-5-7(13)3-4-9(8)20-2/h3-5H,1-2H3,(H,14,18)(H,15,17,19). The number of ether oxygens (including phenoxy) is 1. The summed E-state index contributed by atoms with van der Waals surface area (Å²) in [5, 5.41) is 13.6. The Morgan fingerprint density at radius 3 is 2.57 bits per heavy atom. The van der Waals surface area contributed by atoms with Gasteiger partial charge in [0.1, 0.15) is 10.8 Å². The number of rotatable bonds is 3. The van der Waals surface area contributed by atoms with Crippen molar-refractivity contribution in [2.45, 2.75) is 6.92 Å². The fourth-order valence-corrected chi connectivity index (χ4v) is 2.22. The topological polar surface area (TPSA) is 93.2 Å². The number of amides is 2. The molecular formula is C12H11ClN4O3S. The number of hydrogen-bond donors (Lipinski definition) is 2. The van der Waals surface area contributed by atoms with E-state index in [2.05, 4.69) is 20.8 Å². The van der Waals surface area contributed by atoms with Crippen LogP contribution in [0.5, 0.6) is 5.75 Å². The van der Waals surface area contributed by atoms with E-state index in [9.17, 15) is 9.59 Å². The third kappa shape index (κ3) is 3.89. The van der Waals surface area contributed by atoms with Gasteiger partial charge in [-0.25, -0.2) is 0 Å². The summed E-state index contributed by atoms with van der Waals surface area (Å²) in [6.07, 6.45) is 0. The van der Waals surface area contributed by atoms with E-state index in [0.29, 0.717) is 21.5 Å². The summed E-state index contributed by atoms with van der Waals surface area (Å²) in [6, 6.07) is 4.69. The molecule has 0 radical (unpaired) electrons. The highest BCUT2D eigenvalue weighted by Gasteiger charge is 2.17. The Labute approximate surface area is 129 Å². The molecule has 0 saturated heterocycles. The van der Waals surface area contributed by atoms with E-state index >= 15 is 0 Å². The highest BCUT2D eigenvalue weighted by molar-refractivity contribution is 7.15. The molecule has 2 amide bonds. The van der Waals surface area contributed by atoms with Gasteiger partial charge in [-0.15, -0.1) is 10.2 Å². The smallest absolute Gasteiger partial charge is 0.315 e. The second-order valence-corrected chi connectivity index (χ2v) is 5.50. The number of benzene rings is 1. The predicted molar refractivity (Wildman–Crippen MR) is 79.9 cm³/mol. The van der Waals surface area contributed by atoms with Crippen molar-refractivity contribution in [3.63, 3.8) is 0 Å². The molecule has 1 heterocycles. The summed E-state index contributed by atoms with van der Waals surface area (Å²) in [5.41, 5.74) is 0.304. The van der Waals surface area contributed by atoms with Gasteiger partial charge < -0.3 is 10.1 Å². The van der Waals surface area contributed by atoms with Crippen LogP contribution >= 0.6 is 22.9 Å². The molecule has 0 saturated carbocycles. The van der Waals surface area contributed by atoms with E-state index in [4.69, 9.17) is 16.3 Å². The van der Waals surface area contributed by atoms with Crippen LogP contribution in [0.1, 0.15) is 5.01 Å². The predicted octanol–water partition coefficient (Wildman–Crippen LogP) is 2.09. The quantitative estimate of drug-likeness (QED) is 0.842. The third-order valence-electron chi connectivity index (χ3n) is 2.36. The van der Waals surface area contributed by atoms with Crippen LogP contribution in [0.4, 0.5) is 10.8 Å². The fourth-order valence-electron chi connectivity index (χ4n) is 1.46. The van der Waals surface area contributed by atoms with Gasteiger partial charge in [0.05, 0.1) is 12.8 Å². The zero-order valence-electron chi connectivity index (χ0n) is 11.1. The average Bonchev–Trinajstić information content (AvgIpc) is 2.84. The highest BCUT2D eigenvalue weighted by atomic mass is 35.5. The van der Waals surface area contributed by atoms with E-state index in [1.807, 2.05) is 0 Å². The maximum absolute atomic E-state index is 11.8. The molecule has 0 spiro atoms. The van der Waals surface area contributed by atoms with E-state index in [1.165, 1.54) is 24.5 Å². The Bertz CT molecular complexity index is 689. The number of anilines is 2. The first kappa shape index (κ1) is 15.2. The van der Waals surface area contributed by atoms with E-state index < -0.39 is 11.8 Å². The Balaban J connectivity index is 2.07. The van der Waals surface area contributed by atoms with Crippen molar-refractivity contribution >= 4 is 45.6 Å². The third-order valence-corrected chi connectivity index (χ3v) is 3.35. The van der Waals surface area contributed by atoms with Crippen LogP contribution in [0.2, 0.25) is 5.02 Å². The Kier molecular flexibility index (Phi) is 4.71. The van der Waals surface area contributed by atoms with Crippen molar-refractivity contribution in [2.24, 2.45) is 0 Å². The summed E-state index contributed by atoms with van der Waals surface area (Å²) in [5.74, 6) is -1.32. The monoisotopic (exact) mass is 326 g/mol. The molecule has 0 aliphatic carbocycles. The first-order valence-electron chi connectivity index (χ1n) is 5.75. The van der Waals surface area contributed by atoms with Gasteiger partial charge in [0.2, 0.25) is 5.13 Å². The van der Waals surface area contributed by atoms with Crippen molar-refractivity contribution in [1.82, 2.24) is 10.2 Å². The van der Waals surface area contributed by atoms with Crippen molar-refractivity contribution in [3.05, 3.63) is 28.2 Å². The molecule has 0 fully saturated rings. The van der Waals surface area contributed by atoms with Crippen molar-refractivity contribution < 1.29 is 14.3 Å². The lowest BCUT2D eigenvalue weighted by Crippen LogP contribution is -2.29. The van der Waals surface area contributed by atoms with Crippen molar-refractivity contribution in [1.29, 1.82) is 0 Å². The number of methoxy groups -OCH3 is 1. The maximum Gasteiger partial charge on any atom is 0.315 e. The van der Waals surface area contributed by atoms with Crippen LogP contribution in [-0.4, -0.2) is 29.1 Å². The van der Waals surface area contributed by atoms with Gasteiger partial charge in [-0.3, -0.25) is 14.9 Å². The highest BCUT2D eigenvalue weighted by Crippen LogP contribution is 2.27. The maximum atomic E-state index is 11.8. The molecule has 21 heavy (non-hydrogen) atoms. The van der Waals surface area contributed by atoms with E-state index in [-0.39, 0.29) is 5.13 Å². The van der Waals surface area contributed by atoms with Gasteiger partial charge in [0.25, 0.3) is 0 Å². The molecule has 110 valence electrons. The number of carbonyl (C=O) groups excluding carboxylic acids is 2. The number of nitrogens with zero attached hydrogens (tertiary/aromatic N) is 2. The molecule has 0 bridgehead atoms. The summed E-state index contributed by atoms with van der Waals surface area (Å²) in [4.78, 5) is 23.6. The molecule has 0 atom stereocenters. The molecule has 2 N–H and O–H groups in total. The number of halogens is 1. The zero-order chi connectivity index (χ0) is 15.4. The van der Waals surface area contributed by atoms with E-state index in [1.54, 1.807) is 19.1 Å². The van der Waals surface area contributed by atoms with Crippen LogP contribution in [0.15, 0.2) is 18.2 Å². The number of aryl methyl sites for hydroxylation is 1. The molecule has 0 aliphatic heterocycles. The Morgan fingerprint density at radius 1 is 1.24 bits per heavy atom. The molecule has 2 aromatic rings. The molecular weight excluding hydrogens is 316 g/mol. The molecule has 9 heteroatoms. The summed E-state index contributed by atoms with van der Waals surface area (Å²) in [7, 11) is 1.45. The molecule has 1 aromatic heterocycles. The normalized spacial score (nSPS) is 10.0. The first-order chi connectivity index (χ1) is 9.99. The number of hydrogen-bond acceptors (Lipinski definition) is 6. The minimum Gasteiger partial charge on any atom is -0.495 e. The molecule has 2 rings (SSSR count). The number of carbonyl (C=O) groups is 2. The van der Waals surface area contributed by atoms with Crippen LogP contribution in [0.25, 0.3) is 0 Å². The lowest BCUT2D eigenvalue weighted by Gasteiger charge is -2.09. The van der Waals surface area contributed by atoms with E-state index in [0.717, 1.165) is 0 Å². The van der Waals surface area contributed by atoms with Crippen LogP contribution in [0.3, 0.4) is 0 Å². The largest absolute Gasteiger partial charge is 0.495 e.